The summed E-state index contributed by atoms with van der Waals surface area (Å²) in [6.07, 6.45) is 2.02. The molecule has 0 saturated heterocycles. The Morgan fingerprint density at radius 3 is 2.19 bits per heavy atom. The largest absolute Gasteiger partial charge is 0.493 e. The molecule has 0 spiro atoms. The molecular weight excluding hydrogens is 199 g/mol. The van der Waals surface area contributed by atoms with Gasteiger partial charge >= 0.3 is 7.12 Å². The fourth-order valence-electron chi connectivity index (χ4n) is 1.51. The van der Waals surface area contributed by atoms with Gasteiger partial charge < -0.3 is 9.31 Å². The molecule has 88 valence electrons. The molecule has 0 bridgehead atoms. The minimum absolute atomic E-state index is 0.209. The molecule has 16 heavy (non-hydrogen) atoms. The lowest BCUT2D eigenvalue weighted by molar-refractivity contribution is 0.207. The van der Waals surface area contributed by atoms with E-state index in [0.29, 0.717) is 0 Å². The van der Waals surface area contributed by atoms with E-state index in [1.165, 1.54) is 5.56 Å². The molecule has 0 amide bonds. The zero-order chi connectivity index (χ0) is 11.8. The first-order valence-electron chi connectivity index (χ1n) is 6.07. The van der Waals surface area contributed by atoms with Crippen molar-refractivity contribution in [3.05, 3.63) is 29.8 Å². The van der Waals surface area contributed by atoms with Crippen LogP contribution < -0.4 is 5.46 Å². The Bertz CT molecular complexity index is 294. The molecule has 0 fully saturated rings. The number of hydrogen-bond acceptors (Lipinski definition) is 2. The van der Waals surface area contributed by atoms with E-state index < -0.39 is 0 Å². The summed E-state index contributed by atoms with van der Waals surface area (Å²) in [5.41, 5.74) is 2.35. The van der Waals surface area contributed by atoms with Crippen molar-refractivity contribution in [1.29, 1.82) is 0 Å². The van der Waals surface area contributed by atoms with Crippen LogP contribution >= 0.6 is 0 Å². The van der Waals surface area contributed by atoms with E-state index in [-0.39, 0.29) is 7.12 Å². The van der Waals surface area contributed by atoms with Gasteiger partial charge in [-0.25, -0.2) is 0 Å². The van der Waals surface area contributed by atoms with E-state index in [1.807, 2.05) is 6.07 Å². The van der Waals surface area contributed by atoms with Crippen LogP contribution in [0.4, 0.5) is 0 Å². The SMILES string of the molecule is CCCOB(OCCC)c1cccc(C)c1. The smallest absolute Gasteiger partial charge is 0.407 e. The van der Waals surface area contributed by atoms with Gasteiger partial charge in [-0.2, -0.15) is 0 Å². The van der Waals surface area contributed by atoms with Crippen LogP contribution in [-0.4, -0.2) is 20.3 Å². The quantitative estimate of drug-likeness (QED) is 0.657. The lowest BCUT2D eigenvalue weighted by atomic mass is 9.78. The summed E-state index contributed by atoms with van der Waals surface area (Å²) in [5, 5.41) is 0. The van der Waals surface area contributed by atoms with Gasteiger partial charge in [0.2, 0.25) is 0 Å². The van der Waals surface area contributed by atoms with E-state index in [9.17, 15) is 0 Å². The minimum atomic E-state index is -0.209. The second-order valence-corrected chi connectivity index (χ2v) is 3.99. The van der Waals surface area contributed by atoms with Crippen molar-refractivity contribution >= 4 is 12.6 Å². The first-order valence-corrected chi connectivity index (χ1v) is 6.07. The van der Waals surface area contributed by atoms with Crippen LogP contribution in [0.25, 0.3) is 0 Å². The Labute approximate surface area is 99.1 Å². The molecule has 0 radical (unpaired) electrons. The molecule has 1 aromatic rings. The summed E-state index contributed by atoms with van der Waals surface area (Å²) in [7, 11) is -0.209. The minimum Gasteiger partial charge on any atom is -0.407 e. The van der Waals surface area contributed by atoms with Crippen LogP contribution in [-0.2, 0) is 9.31 Å². The summed E-state index contributed by atoms with van der Waals surface area (Å²) in [5.74, 6) is 0. The van der Waals surface area contributed by atoms with E-state index in [4.69, 9.17) is 9.31 Å². The van der Waals surface area contributed by atoms with Crippen molar-refractivity contribution in [2.24, 2.45) is 0 Å². The van der Waals surface area contributed by atoms with Crippen molar-refractivity contribution in [3.63, 3.8) is 0 Å². The van der Waals surface area contributed by atoms with Gasteiger partial charge in [0.05, 0.1) is 0 Å². The van der Waals surface area contributed by atoms with Gasteiger partial charge in [-0.1, -0.05) is 43.7 Å². The Kier molecular flexibility index (Phi) is 6.20. The highest BCUT2D eigenvalue weighted by atomic mass is 16.6. The lowest BCUT2D eigenvalue weighted by Crippen LogP contribution is -2.37. The molecule has 1 rings (SSSR count). The molecule has 0 atom stereocenters. The predicted octanol–water partition coefficient (Wildman–Crippen LogP) is 2.54. The highest BCUT2D eigenvalue weighted by Crippen LogP contribution is 1.99. The maximum absolute atomic E-state index is 5.71. The summed E-state index contributed by atoms with van der Waals surface area (Å²) in [6, 6.07) is 8.31. The maximum atomic E-state index is 5.71. The summed E-state index contributed by atoms with van der Waals surface area (Å²) in [4.78, 5) is 0. The Morgan fingerprint density at radius 2 is 1.69 bits per heavy atom. The summed E-state index contributed by atoms with van der Waals surface area (Å²) >= 11 is 0. The van der Waals surface area contributed by atoms with Gasteiger partial charge in [0.1, 0.15) is 0 Å². The summed E-state index contributed by atoms with van der Waals surface area (Å²) in [6.45, 7) is 7.77. The van der Waals surface area contributed by atoms with Crippen molar-refractivity contribution in [3.8, 4) is 0 Å². The second-order valence-electron chi connectivity index (χ2n) is 3.99. The predicted molar refractivity (Wildman–Crippen MR) is 69.1 cm³/mol. The zero-order valence-corrected chi connectivity index (χ0v) is 10.5. The van der Waals surface area contributed by atoms with Gasteiger partial charge in [0, 0.05) is 13.2 Å². The van der Waals surface area contributed by atoms with Crippen molar-refractivity contribution in [1.82, 2.24) is 0 Å². The Hall–Kier alpha value is -0.795. The molecule has 0 unspecified atom stereocenters. The Morgan fingerprint density at radius 1 is 1.06 bits per heavy atom. The molecular formula is C13H21BO2. The lowest BCUT2D eigenvalue weighted by Gasteiger charge is -2.14. The number of aryl methyl sites for hydroxylation is 1. The van der Waals surface area contributed by atoms with Gasteiger partial charge in [-0.3, -0.25) is 0 Å². The van der Waals surface area contributed by atoms with E-state index in [0.717, 1.165) is 31.5 Å². The highest BCUT2D eigenvalue weighted by Gasteiger charge is 2.20. The van der Waals surface area contributed by atoms with Gasteiger partial charge in [0.15, 0.2) is 0 Å². The van der Waals surface area contributed by atoms with Crippen molar-refractivity contribution in [2.75, 3.05) is 13.2 Å². The van der Waals surface area contributed by atoms with E-state index in [2.05, 4.69) is 39.0 Å². The molecule has 0 saturated carbocycles. The van der Waals surface area contributed by atoms with E-state index in [1.54, 1.807) is 0 Å². The summed E-state index contributed by atoms with van der Waals surface area (Å²) < 4.78 is 11.4. The molecule has 0 aliphatic carbocycles. The third-order valence-corrected chi connectivity index (χ3v) is 2.26. The molecule has 3 heteroatoms. The molecule has 0 aliphatic rings. The zero-order valence-electron chi connectivity index (χ0n) is 10.5. The fourth-order valence-corrected chi connectivity index (χ4v) is 1.51. The Balaban J connectivity index is 2.66. The first-order chi connectivity index (χ1) is 7.77. The first kappa shape index (κ1) is 13.3. The topological polar surface area (TPSA) is 18.5 Å². The molecule has 1 aromatic carbocycles. The number of rotatable bonds is 7. The standard InChI is InChI=1S/C13H21BO2/c1-4-9-15-14(16-10-5-2)13-8-6-7-12(3)11-13/h6-8,11H,4-5,9-10H2,1-3H3. The highest BCUT2D eigenvalue weighted by molar-refractivity contribution is 6.61. The molecule has 0 heterocycles. The molecule has 0 aromatic heterocycles. The van der Waals surface area contributed by atoms with Crippen LogP contribution in [0.2, 0.25) is 0 Å². The third-order valence-electron chi connectivity index (χ3n) is 2.26. The van der Waals surface area contributed by atoms with Crippen LogP contribution in [0.5, 0.6) is 0 Å². The van der Waals surface area contributed by atoms with Gasteiger partial charge in [0.25, 0.3) is 0 Å². The van der Waals surface area contributed by atoms with Crippen LogP contribution in [0.3, 0.4) is 0 Å². The number of benzene rings is 1. The van der Waals surface area contributed by atoms with E-state index >= 15 is 0 Å². The van der Waals surface area contributed by atoms with Gasteiger partial charge in [-0.05, 0) is 25.2 Å². The monoisotopic (exact) mass is 220 g/mol. The average Bonchev–Trinajstić information content (AvgIpc) is 2.29. The number of hydrogen-bond donors (Lipinski definition) is 0. The van der Waals surface area contributed by atoms with Crippen molar-refractivity contribution < 1.29 is 9.31 Å². The maximum Gasteiger partial charge on any atom is 0.493 e. The van der Waals surface area contributed by atoms with Gasteiger partial charge in [-0.15, -0.1) is 0 Å². The normalized spacial score (nSPS) is 10.4. The third kappa shape index (κ3) is 4.37. The van der Waals surface area contributed by atoms with Crippen LogP contribution in [0.15, 0.2) is 24.3 Å². The molecule has 2 nitrogen and oxygen atoms in total. The van der Waals surface area contributed by atoms with Crippen LogP contribution in [0.1, 0.15) is 32.3 Å². The second kappa shape index (κ2) is 7.47. The van der Waals surface area contributed by atoms with Crippen LogP contribution in [0, 0.1) is 6.92 Å². The molecule has 0 aliphatic heterocycles. The fraction of sp³-hybridized carbons (Fsp3) is 0.538. The van der Waals surface area contributed by atoms with Crippen molar-refractivity contribution in [2.45, 2.75) is 33.6 Å². The molecule has 0 N–H and O–H groups in total. The average molecular weight is 220 g/mol.